The largest absolute Gasteiger partial charge is 0.503 e. The lowest BCUT2D eigenvalue weighted by Gasteiger charge is -2.27. The van der Waals surface area contributed by atoms with Gasteiger partial charge in [0.1, 0.15) is 12.4 Å². The molecule has 0 fully saturated rings. The molecule has 6 heteroatoms. The minimum Gasteiger partial charge on any atom is -0.503 e. The van der Waals surface area contributed by atoms with E-state index in [0.29, 0.717) is 25.3 Å². The molecule has 3 aromatic carbocycles. The summed E-state index contributed by atoms with van der Waals surface area (Å²) in [4.78, 5) is 30.0. The lowest BCUT2D eigenvalue weighted by Crippen LogP contribution is -2.33. The Morgan fingerprint density at radius 2 is 1.62 bits per heavy atom. The van der Waals surface area contributed by atoms with Crippen molar-refractivity contribution in [2.75, 3.05) is 27.2 Å². The van der Waals surface area contributed by atoms with Crippen LogP contribution in [0.1, 0.15) is 29.2 Å². The van der Waals surface area contributed by atoms with Gasteiger partial charge in [0.25, 0.3) is 5.91 Å². The van der Waals surface area contributed by atoms with E-state index < -0.39 is 17.7 Å². The zero-order valence-electron chi connectivity index (χ0n) is 21.2. The van der Waals surface area contributed by atoms with E-state index in [1.54, 1.807) is 11.0 Å². The molecular formula is C31H32N2O4. The van der Waals surface area contributed by atoms with Gasteiger partial charge in [-0.1, -0.05) is 78.9 Å². The first-order valence-corrected chi connectivity index (χ1v) is 12.4. The molecule has 1 unspecified atom stereocenters. The van der Waals surface area contributed by atoms with Crippen LogP contribution in [-0.2, 0) is 16.2 Å². The second-order valence-electron chi connectivity index (χ2n) is 9.27. The van der Waals surface area contributed by atoms with Crippen molar-refractivity contribution in [2.45, 2.75) is 19.1 Å². The monoisotopic (exact) mass is 496 g/mol. The van der Waals surface area contributed by atoms with Gasteiger partial charge in [0.15, 0.2) is 11.5 Å². The normalized spacial score (nSPS) is 15.7. The fourth-order valence-electron chi connectivity index (χ4n) is 4.35. The second-order valence-corrected chi connectivity index (χ2v) is 9.27. The van der Waals surface area contributed by atoms with Gasteiger partial charge in [-0.3, -0.25) is 9.59 Å². The predicted molar refractivity (Wildman–Crippen MR) is 145 cm³/mol. The molecule has 3 aromatic rings. The number of hydrogen-bond acceptors (Lipinski definition) is 5. The lowest BCUT2D eigenvalue weighted by atomic mass is 9.95. The van der Waals surface area contributed by atoms with Crippen LogP contribution in [0.3, 0.4) is 0 Å². The summed E-state index contributed by atoms with van der Waals surface area (Å²) in [6.45, 7) is 1.63. The lowest BCUT2D eigenvalue weighted by molar-refractivity contribution is -0.129. The molecule has 1 amide bonds. The number of ether oxygens (including phenoxy) is 1. The first-order valence-electron chi connectivity index (χ1n) is 12.4. The van der Waals surface area contributed by atoms with Crippen LogP contribution >= 0.6 is 0 Å². The van der Waals surface area contributed by atoms with Gasteiger partial charge in [-0.2, -0.15) is 0 Å². The molecule has 4 rings (SSSR count). The Morgan fingerprint density at radius 3 is 2.27 bits per heavy atom. The molecule has 0 radical (unpaired) electrons. The first kappa shape index (κ1) is 25.9. The summed E-state index contributed by atoms with van der Waals surface area (Å²) in [5.74, 6) is -0.716. The second kappa shape index (κ2) is 12.2. The summed E-state index contributed by atoms with van der Waals surface area (Å²) < 4.78 is 5.91. The molecule has 6 nitrogen and oxygen atoms in total. The predicted octanol–water partition coefficient (Wildman–Crippen LogP) is 5.20. The van der Waals surface area contributed by atoms with Gasteiger partial charge in [-0.25, -0.2) is 0 Å². The van der Waals surface area contributed by atoms with E-state index in [1.165, 1.54) is 6.08 Å². The Hall–Kier alpha value is -4.16. The Bertz CT molecular complexity index is 1270. The number of benzene rings is 3. The zero-order valence-corrected chi connectivity index (χ0v) is 21.2. The molecule has 0 aliphatic carbocycles. The topological polar surface area (TPSA) is 70.1 Å². The molecule has 1 N–H and O–H groups in total. The van der Waals surface area contributed by atoms with Crippen LogP contribution in [0, 0.1) is 0 Å². The molecule has 1 heterocycles. The van der Waals surface area contributed by atoms with Crippen LogP contribution in [0.2, 0.25) is 0 Å². The van der Waals surface area contributed by atoms with Gasteiger partial charge in [0, 0.05) is 6.54 Å². The summed E-state index contributed by atoms with van der Waals surface area (Å²) in [6.07, 6.45) is 3.82. The van der Waals surface area contributed by atoms with Crippen molar-refractivity contribution in [1.82, 2.24) is 9.80 Å². The molecule has 190 valence electrons. The van der Waals surface area contributed by atoms with Gasteiger partial charge in [0.2, 0.25) is 0 Å². The van der Waals surface area contributed by atoms with Crippen molar-refractivity contribution in [3.63, 3.8) is 0 Å². The van der Waals surface area contributed by atoms with Crippen molar-refractivity contribution >= 4 is 17.8 Å². The van der Waals surface area contributed by atoms with Crippen LogP contribution in [-0.4, -0.2) is 53.8 Å². The minimum atomic E-state index is -0.675. The highest BCUT2D eigenvalue weighted by atomic mass is 16.5. The number of ketones is 1. The van der Waals surface area contributed by atoms with E-state index in [-0.39, 0.29) is 11.4 Å². The molecule has 0 aromatic heterocycles. The average Bonchev–Trinajstić information content (AvgIpc) is 3.17. The van der Waals surface area contributed by atoms with Gasteiger partial charge in [-0.15, -0.1) is 0 Å². The molecule has 37 heavy (non-hydrogen) atoms. The third-order valence-corrected chi connectivity index (χ3v) is 6.24. The number of aliphatic hydroxyl groups excluding tert-OH is 1. The van der Waals surface area contributed by atoms with Gasteiger partial charge in [-0.05, 0) is 62.0 Å². The van der Waals surface area contributed by atoms with Crippen molar-refractivity contribution in [2.24, 2.45) is 0 Å². The third-order valence-electron chi connectivity index (χ3n) is 6.24. The molecule has 0 spiro atoms. The summed E-state index contributed by atoms with van der Waals surface area (Å²) in [5.41, 5.74) is 2.76. The molecule has 0 saturated carbocycles. The molecule has 0 bridgehead atoms. The smallest absolute Gasteiger partial charge is 0.290 e. The molecule has 1 atom stereocenters. The molecule has 0 saturated heterocycles. The van der Waals surface area contributed by atoms with Gasteiger partial charge >= 0.3 is 0 Å². The Morgan fingerprint density at radius 1 is 0.973 bits per heavy atom. The first-order chi connectivity index (χ1) is 17.9. The number of hydrogen-bond donors (Lipinski definition) is 1. The standard InChI is InChI=1S/C31H32N2O4/c1-32(2)20-9-21-33-29(25-15-17-26(18-16-25)37-22-24-12-7-4-8-13-24)28(30(35)31(33)36)27(34)19-14-23-10-5-3-6-11-23/h3-8,10-19,29,35H,9,20-22H2,1-2H3/b19-14+. The summed E-state index contributed by atoms with van der Waals surface area (Å²) in [7, 11) is 3.94. The Balaban J connectivity index is 1.58. The fraction of sp³-hybridized carbons (Fsp3) is 0.226. The van der Waals surface area contributed by atoms with E-state index in [9.17, 15) is 14.7 Å². The number of rotatable bonds is 11. The maximum atomic E-state index is 13.3. The molecule has 1 aliphatic rings. The highest BCUT2D eigenvalue weighted by molar-refractivity contribution is 6.14. The van der Waals surface area contributed by atoms with E-state index >= 15 is 0 Å². The number of nitrogens with zero attached hydrogens (tertiary/aromatic N) is 2. The number of allylic oxidation sites excluding steroid dienone is 1. The van der Waals surface area contributed by atoms with Crippen molar-refractivity contribution in [1.29, 1.82) is 0 Å². The van der Waals surface area contributed by atoms with Gasteiger partial charge < -0.3 is 19.6 Å². The van der Waals surface area contributed by atoms with Crippen LogP contribution in [0.4, 0.5) is 0 Å². The van der Waals surface area contributed by atoms with Crippen molar-refractivity contribution in [3.8, 4) is 5.75 Å². The number of aliphatic hydroxyl groups is 1. The quantitative estimate of drug-likeness (QED) is 0.370. The summed E-state index contributed by atoms with van der Waals surface area (Å²) in [5, 5.41) is 10.8. The van der Waals surface area contributed by atoms with E-state index in [4.69, 9.17) is 4.74 Å². The van der Waals surface area contributed by atoms with Crippen molar-refractivity contribution < 1.29 is 19.4 Å². The average molecular weight is 497 g/mol. The van der Waals surface area contributed by atoms with Crippen molar-refractivity contribution in [3.05, 3.63) is 119 Å². The third kappa shape index (κ3) is 6.54. The van der Waals surface area contributed by atoms with Crippen LogP contribution in [0.15, 0.2) is 102 Å². The van der Waals surface area contributed by atoms with E-state index in [2.05, 4.69) is 0 Å². The van der Waals surface area contributed by atoms with E-state index in [1.807, 2.05) is 104 Å². The maximum absolute atomic E-state index is 13.3. The van der Waals surface area contributed by atoms with Gasteiger partial charge in [0.05, 0.1) is 11.6 Å². The minimum absolute atomic E-state index is 0.0972. The summed E-state index contributed by atoms with van der Waals surface area (Å²) >= 11 is 0. The van der Waals surface area contributed by atoms with Crippen LogP contribution in [0.5, 0.6) is 5.75 Å². The van der Waals surface area contributed by atoms with Crippen LogP contribution < -0.4 is 4.74 Å². The Labute approximate surface area is 218 Å². The SMILES string of the molecule is CN(C)CCCN1C(=O)C(O)=C(C(=O)/C=C/c2ccccc2)C1c1ccc(OCc2ccccc2)cc1. The highest BCUT2D eigenvalue weighted by Gasteiger charge is 2.42. The number of amides is 1. The van der Waals surface area contributed by atoms with Crippen LogP contribution in [0.25, 0.3) is 6.08 Å². The highest BCUT2D eigenvalue weighted by Crippen LogP contribution is 2.38. The molecule has 1 aliphatic heterocycles. The summed E-state index contributed by atoms with van der Waals surface area (Å²) in [6, 6.07) is 26.0. The van der Waals surface area contributed by atoms with E-state index in [0.717, 1.165) is 23.2 Å². The zero-order chi connectivity index (χ0) is 26.2. The molecular weight excluding hydrogens is 464 g/mol. The number of carbonyl (C=O) groups excluding carboxylic acids is 2. The number of carbonyl (C=O) groups is 2. The maximum Gasteiger partial charge on any atom is 0.290 e. The fourth-order valence-corrected chi connectivity index (χ4v) is 4.35. The Kier molecular flexibility index (Phi) is 8.54.